The Morgan fingerprint density at radius 3 is 2.55 bits per heavy atom. The van der Waals surface area contributed by atoms with Gasteiger partial charge in [0.15, 0.2) is 11.5 Å². The predicted molar refractivity (Wildman–Crippen MR) is 121 cm³/mol. The third-order valence-electron chi connectivity index (χ3n) is 5.25. The zero-order valence-corrected chi connectivity index (χ0v) is 18.8. The molecule has 0 aliphatic heterocycles. The molecule has 0 atom stereocenters. The smallest absolute Gasteiger partial charge is 0.310 e. The summed E-state index contributed by atoms with van der Waals surface area (Å²) >= 11 is 0. The van der Waals surface area contributed by atoms with E-state index in [0.717, 1.165) is 12.8 Å². The van der Waals surface area contributed by atoms with Crippen molar-refractivity contribution in [1.29, 1.82) is 0 Å². The molecule has 0 spiro atoms. The summed E-state index contributed by atoms with van der Waals surface area (Å²) in [7, 11) is 1.50. The summed E-state index contributed by atoms with van der Waals surface area (Å²) in [5.41, 5.74) is 1.20. The minimum Gasteiger partial charge on any atom is -0.493 e. The number of nitro benzene ring substituents is 1. The zero-order chi connectivity index (χ0) is 23.8. The summed E-state index contributed by atoms with van der Waals surface area (Å²) in [6.45, 7) is 2.81. The molecular formula is C24H28N2O7. The highest BCUT2D eigenvalue weighted by atomic mass is 16.6. The first-order chi connectivity index (χ1) is 15.9. The Hall–Kier alpha value is -3.46. The van der Waals surface area contributed by atoms with Gasteiger partial charge in [-0.25, -0.2) is 0 Å². The minimum absolute atomic E-state index is 0.0590. The standard InChI is InChI=1S/C24H28N2O7/c1-3-32-24(28)13-16-4-8-22(31-2)23(12-16)33-21-9-7-19(26(29)30)14-18(21)15-25-11-10-20(27)17-5-6-17/h4,7-9,12,14,17,25H,3,5-6,10-11,13,15H2,1-2H3. The van der Waals surface area contributed by atoms with Crippen LogP contribution in [0.3, 0.4) is 0 Å². The number of esters is 1. The molecule has 1 N–H and O–H groups in total. The first-order valence-electron chi connectivity index (χ1n) is 10.9. The second-order valence-corrected chi connectivity index (χ2v) is 7.79. The van der Waals surface area contributed by atoms with Crippen LogP contribution < -0.4 is 14.8 Å². The van der Waals surface area contributed by atoms with Crippen LogP contribution in [0.4, 0.5) is 5.69 Å². The lowest BCUT2D eigenvalue weighted by molar-refractivity contribution is -0.384. The molecule has 1 saturated carbocycles. The second-order valence-electron chi connectivity index (χ2n) is 7.79. The van der Waals surface area contributed by atoms with Crippen LogP contribution in [0.15, 0.2) is 36.4 Å². The molecule has 9 nitrogen and oxygen atoms in total. The molecule has 2 aromatic carbocycles. The van der Waals surface area contributed by atoms with E-state index in [0.29, 0.717) is 54.5 Å². The highest BCUT2D eigenvalue weighted by Crippen LogP contribution is 2.35. The number of nitrogens with zero attached hydrogens (tertiary/aromatic N) is 1. The van der Waals surface area contributed by atoms with E-state index in [-0.39, 0.29) is 29.8 Å². The lowest BCUT2D eigenvalue weighted by Gasteiger charge is -2.15. The molecule has 1 fully saturated rings. The van der Waals surface area contributed by atoms with Crippen molar-refractivity contribution in [2.24, 2.45) is 5.92 Å². The summed E-state index contributed by atoms with van der Waals surface area (Å²) in [5, 5.41) is 14.4. The van der Waals surface area contributed by atoms with Gasteiger partial charge in [-0.2, -0.15) is 0 Å². The van der Waals surface area contributed by atoms with Crippen LogP contribution in [0.1, 0.15) is 37.3 Å². The van der Waals surface area contributed by atoms with E-state index >= 15 is 0 Å². The quantitative estimate of drug-likeness (QED) is 0.208. The van der Waals surface area contributed by atoms with E-state index in [4.69, 9.17) is 14.2 Å². The predicted octanol–water partition coefficient (Wildman–Crippen LogP) is 3.96. The molecule has 33 heavy (non-hydrogen) atoms. The van der Waals surface area contributed by atoms with Gasteiger partial charge in [-0.1, -0.05) is 6.07 Å². The van der Waals surface area contributed by atoms with Gasteiger partial charge in [-0.3, -0.25) is 19.7 Å². The first kappa shape index (κ1) is 24.2. The Labute approximate surface area is 192 Å². The molecule has 3 rings (SSSR count). The van der Waals surface area contributed by atoms with Gasteiger partial charge in [0.2, 0.25) is 0 Å². The SMILES string of the molecule is CCOC(=O)Cc1ccc(OC)c(Oc2ccc([N+](=O)[O-])cc2CNCCC(=O)C2CC2)c1. The van der Waals surface area contributed by atoms with Crippen LogP contribution >= 0.6 is 0 Å². The second kappa shape index (κ2) is 11.4. The van der Waals surface area contributed by atoms with Gasteiger partial charge in [-0.05, 0) is 43.5 Å². The molecule has 1 aliphatic carbocycles. The number of methoxy groups -OCH3 is 1. The number of hydrogen-bond acceptors (Lipinski definition) is 8. The number of ketones is 1. The molecule has 2 aromatic rings. The number of carbonyl (C=O) groups is 2. The Morgan fingerprint density at radius 2 is 1.88 bits per heavy atom. The number of nitro groups is 1. The van der Waals surface area contributed by atoms with Gasteiger partial charge in [0, 0.05) is 43.1 Å². The highest BCUT2D eigenvalue weighted by molar-refractivity contribution is 5.83. The number of ether oxygens (including phenoxy) is 3. The number of nitrogens with one attached hydrogen (secondary N) is 1. The van der Waals surface area contributed by atoms with Crippen molar-refractivity contribution in [2.75, 3.05) is 20.3 Å². The molecule has 0 radical (unpaired) electrons. The molecule has 1 aliphatic rings. The average molecular weight is 456 g/mol. The fourth-order valence-corrected chi connectivity index (χ4v) is 3.37. The molecule has 0 saturated heterocycles. The molecule has 0 amide bonds. The van der Waals surface area contributed by atoms with Crippen LogP contribution in [-0.4, -0.2) is 36.9 Å². The van der Waals surface area contributed by atoms with Crippen molar-refractivity contribution in [2.45, 2.75) is 39.2 Å². The van der Waals surface area contributed by atoms with E-state index in [1.54, 1.807) is 25.1 Å². The number of carbonyl (C=O) groups excluding carboxylic acids is 2. The maximum Gasteiger partial charge on any atom is 0.310 e. The lowest BCUT2D eigenvalue weighted by atomic mass is 10.1. The first-order valence-corrected chi connectivity index (χ1v) is 10.9. The maximum atomic E-state index is 11.9. The topological polar surface area (TPSA) is 117 Å². The number of hydrogen-bond donors (Lipinski definition) is 1. The molecule has 176 valence electrons. The Morgan fingerprint density at radius 1 is 1.12 bits per heavy atom. The Bertz CT molecular complexity index is 1020. The average Bonchev–Trinajstić information content (AvgIpc) is 3.63. The summed E-state index contributed by atoms with van der Waals surface area (Å²) < 4.78 is 16.4. The monoisotopic (exact) mass is 456 g/mol. The van der Waals surface area contributed by atoms with Crippen LogP contribution in [0.2, 0.25) is 0 Å². The number of rotatable bonds is 13. The summed E-state index contributed by atoms with van der Waals surface area (Å²) in [6, 6.07) is 9.46. The molecule has 0 bridgehead atoms. The fourth-order valence-electron chi connectivity index (χ4n) is 3.37. The molecular weight excluding hydrogens is 428 g/mol. The van der Waals surface area contributed by atoms with Crippen molar-refractivity contribution >= 4 is 17.4 Å². The number of benzene rings is 2. The molecule has 0 heterocycles. The van der Waals surface area contributed by atoms with E-state index in [1.807, 2.05) is 0 Å². The van der Waals surface area contributed by atoms with Gasteiger partial charge in [0.1, 0.15) is 11.5 Å². The van der Waals surface area contributed by atoms with E-state index in [9.17, 15) is 19.7 Å². The Kier molecular flexibility index (Phi) is 8.37. The van der Waals surface area contributed by atoms with Crippen molar-refractivity contribution in [3.8, 4) is 17.2 Å². The van der Waals surface area contributed by atoms with E-state index < -0.39 is 4.92 Å². The molecule has 0 unspecified atom stereocenters. The van der Waals surface area contributed by atoms with Crippen molar-refractivity contribution in [3.05, 3.63) is 57.6 Å². The maximum absolute atomic E-state index is 11.9. The van der Waals surface area contributed by atoms with Gasteiger partial charge < -0.3 is 19.5 Å². The third-order valence-corrected chi connectivity index (χ3v) is 5.25. The normalized spacial score (nSPS) is 12.8. The van der Waals surface area contributed by atoms with Crippen molar-refractivity contribution < 1.29 is 28.7 Å². The van der Waals surface area contributed by atoms with Crippen molar-refractivity contribution in [1.82, 2.24) is 5.32 Å². The van der Waals surface area contributed by atoms with Gasteiger partial charge in [0.25, 0.3) is 5.69 Å². The van der Waals surface area contributed by atoms with Gasteiger partial charge in [-0.15, -0.1) is 0 Å². The Balaban J connectivity index is 1.77. The van der Waals surface area contributed by atoms with Crippen molar-refractivity contribution in [3.63, 3.8) is 0 Å². The zero-order valence-electron chi connectivity index (χ0n) is 18.8. The number of Topliss-reactive ketones (excluding diaryl/α,β-unsaturated/α-hetero) is 1. The minimum atomic E-state index is -0.468. The molecule has 9 heteroatoms. The van der Waals surface area contributed by atoms with Crippen LogP contribution in [0, 0.1) is 16.0 Å². The number of non-ortho nitro benzene ring substituents is 1. The van der Waals surface area contributed by atoms with Crippen LogP contribution in [-0.2, 0) is 27.3 Å². The van der Waals surface area contributed by atoms with Crippen LogP contribution in [0.25, 0.3) is 0 Å². The van der Waals surface area contributed by atoms with Gasteiger partial charge in [0.05, 0.1) is 25.1 Å². The lowest BCUT2D eigenvalue weighted by Crippen LogP contribution is -2.19. The summed E-state index contributed by atoms with van der Waals surface area (Å²) in [4.78, 5) is 34.5. The van der Waals surface area contributed by atoms with Gasteiger partial charge >= 0.3 is 5.97 Å². The largest absolute Gasteiger partial charge is 0.493 e. The third kappa shape index (κ3) is 7.01. The highest BCUT2D eigenvalue weighted by Gasteiger charge is 2.28. The fraction of sp³-hybridized carbons (Fsp3) is 0.417. The molecule has 0 aromatic heterocycles. The van der Waals surface area contributed by atoms with E-state index in [1.165, 1.54) is 25.3 Å². The summed E-state index contributed by atoms with van der Waals surface area (Å²) in [6.07, 6.45) is 2.45. The van der Waals surface area contributed by atoms with Crippen LogP contribution in [0.5, 0.6) is 17.2 Å². The van der Waals surface area contributed by atoms with E-state index in [2.05, 4.69) is 5.32 Å². The summed E-state index contributed by atoms with van der Waals surface area (Å²) in [5.74, 6) is 1.34.